The minimum absolute atomic E-state index is 0.0460. The Kier molecular flexibility index (Phi) is 4.66. The molecule has 0 unspecified atom stereocenters. The van der Waals surface area contributed by atoms with Crippen molar-refractivity contribution in [3.63, 3.8) is 0 Å². The minimum atomic E-state index is -0.152. The minimum Gasteiger partial charge on any atom is -0.370 e. The van der Waals surface area contributed by atoms with E-state index in [9.17, 15) is 4.79 Å². The van der Waals surface area contributed by atoms with Crippen LogP contribution < -0.4 is 5.32 Å². The molecule has 0 spiro atoms. The number of amides is 2. The van der Waals surface area contributed by atoms with Gasteiger partial charge in [-0.3, -0.25) is 0 Å². The number of carbonyl (C=O) groups excluding carboxylic acids is 1. The molecule has 1 fully saturated rings. The summed E-state index contributed by atoms with van der Waals surface area (Å²) in [4.78, 5) is 13.8. The number of morpholine rings is 1. The number of urea groups is 1. The molecule has 1 N–H and O–H groups in total. The van der Waals surface area contributed by atoms with Crippen LogP contribution >= 0.6 is 11.6 Å². The average Bonchev–Trinajstić information content (AvgIpc) is 2.38. The summed E-state index contributed by atoms with van der Waals surface area (Å²) in [6.45, 7) is 5.57. The molecule has 1 aliphatic heterocycles. The number of hydrogen-bond acceptors (Lipinski definition) is 2. The number of benzene rings is 1. The van der Waals surface area contributed by atoms with Gasteiger partial charge in [-0.15, -0.1) is 0 Å². The highest BCUT2D eigenvalue weighted by Gasteiger charge is 2.26. The van der Waals surface area contributed by atoms with Gasteiger partial charge in [-0.2, -0.15) is 0 Å². The van der Waals surface area contributed by atoms with Crippen LogP contribution in [0.15, 0.2) is 24.3 Å². The van der Waals surface area contributed by atoms with Crippen LogP contribution in [0.3, 0.4) is 0 Å². The molecule has 1 heterocycles. The molecule has 0 aromatic heterocycles. The first kappa shape index (κ1) is 14.2. The van der Waals surface area contributed by atoms with E-state index in [1.54, 1.807) is 4.90 Å². The molecule has 2 amide bonds. The molecule has 1 aromatic rings. The van der Waals surface area contributed by atoms with Crippen LogP contribution in [0.5, 0.6) is 0 Å². The zero-order valence-corrected chi connectivity index (χ0v) is 12.0. The Balaban J connectivity index is 2.05. The van der Waals surface area contributed by atoms with Gasteiger partial charge in [0.05, 0.1) is 13.2 Å². The van der Waals surface area contributed by atoms with Crippen molar-refractivity contribution in [2.75, 3.05) is 19.7 Å². The maximum absolute atomic E-state index is 12.0. The van der Waals surface area contributed by atoms with Crippen LogP contribution in [-0.2, 0) is 4.74 Å². The lowest BCUT2D eigenvalue weighted by atomic mass is 10.1. The second-order valence-corrected chi connectivity index (χ2v) is 5.34. The van der Waals surface area contributed by atoms with Crippen LogP contribution in [0, 0.1) is 0 Å². The van der Waals surface area contributed by atoms with Crippen LogP contribution in [0.25, 0.3) is 0 Å². The smallest absolute Gasteiger partial charge is 0.317 e. The molecule has 2 rings (SSSR count). The van der Waals surface area contributed by atoms with Crippen LogP contribution in [0.1, 0.15) is 25.5 Å². The number of ether oxygens (including phenoxy) is 1. The lowest BCUT2D eigenvalue weighted by Gasteiger charge is -2.34. The molecule has 0 aliphatic carbocycles. The third-order valence-corrected chi connectivity index (χ3v) is 3.36. The van der Waals surface area contributed by atoms with E-state index in [0.29, 0.717) is 24.7 Å². The van der Waals surface area contributed by atoms with Gasteiger partial charge in [0.25, 0.3) is 0 Å². The zero-order valence-electron chi connectivity index (χ0n) is 11.2. The summed E-state index contributed by atoms with van der Waals surface area (Å²) in [5, 5.41) is 3.58. The quantitative estimate of drug-likeness (QED) is 0.906. The number of carbonyl (C=O) groups is 1. The van der Waals surface area contributed by atoms with E-state index < -0.39 is 0 Å². The van der Waals surface area contributed by atoms with E-state index in [1.807, 2.05) is 38.1 Å². The fourth-order valence-corrected chi connectivity index (χ4v) is 2.35. The molecule has 1 atom stereocenters. The summed E-state index contributed by atoms with van der Waals surface area (Å²) in [6.07, 6.45) is -0.152. The monoisotopic (exact) mass is 282 g/mol. The Morgan fingerprint density at radius 3 is 2.89 bits per heavy atom. The van der Waals surface area contributed by atoms with Gasteiger partial charge >= 0.3 is 6.03 Å². The fraction of sp³-hybridized carbons (Fsp3) is 0.500. The van der Waals surface area contributed by atoms with Crippen molar-refractivity contribution in [1.82, 2.24) is 10.2 Å². The van der Waals surface area contributed by atoms with E-state index in [-0.39, 0.29) is 18.2 Å². The molecular formula is C14H19ClN2O2. The molecule has 1 aromatic carbocycles. The van der Waals surface area contributed by atoms with E-state index >= 15 is 0 Å². The van der Waals surface area contributed by atoms with Crippen molar-refractivity contribution >= 4 is 17.6 Å². The lowest BCUT2D eigenvalue weighted by molar-refractivity contribution is -0.0156. The second-order valence-electron chi connectivity index (χ2n) is 4.93. The number of rotatable bonds is 2. The van der Waals surface area contributed by atoms with Crippen LogP contribution in [0.2, 0.25) is 5.02 Å². The molecular weight excluding hydrogens is 264 g/mol. The van der Waals surface area contributed by atoms with Crippen molar-refractivity contribution in [2.45, 2.75) is 26.0 Å². The third kappa shape index (κ3) is 3.61. The average molecular weight is 283 g/mol. The van der Waals surface area contributed by atoms with Gasteiger partial charge in [-0.1, -0.05) is 29.8 Å². The Hall–Kier alpha value is -1.26. The first-order valence-electron chi connectivity index (χ1n) is 6.49. The molecule has 1 saturated heterocycles. The molecule has 4 nitrogen and oxygen atoms in total. The van der Waals surface area contributed by atoms with E-state index in [0.717, 1.165) is 5.56 Å². The van der Waals surface area contributed by atoms with Crippen molar-refractivity contribution in [3.05, 3.63) is 34.9 Å². The van der Waals surface area contributed by atoms with Crippen molar-refractivity contribution < 1.29 is 9.53 Å². The molecule has 104 valence electrons. The van der Waals surface area contributed by atoms with Gasteiger partial charge in [0, 0.05) is 23.2 Å². The first-order valence-corrected chi connectivity index (χ1v) is 6.87. The SMILES string of the molecule is CC(C)NC(=O)N1CCO[C@H](c2ccccc2Cl)C1. The van der Waals surface area contributed by atoms with Crippen molar-refractivity contribution in [1.29, 1.82) is 0 Å². The number of nitrogens with one attached hydrogen (secondary N) is 1. The molecule has 0 saturated carbocycles. The van der Waals surface area contributed by atoms with E-state index in [2.05, 4.69) is 5.32 Å². The first-order chi connectivity index (χ1) is 9.08. The van der Waals surface area contributed by atoms with Crippen molar-refractivity contribution in [3.8, 4) is 0 Å². The Morgan fingerprint density at radius 2 is 2.21 bits per heavy atom. The normalized spacial score (nSPS) is 19.6. The molecule has 1 aliphatic rings. The predicted molar refractivity (Wildman–Crippen MR) is 75.4 cm³/mol. The fourth-order valence-electron chi connectivity index (χ4n) is 2.10. The summed E-state index contributed by atoms with van der Waals surface area (Å²) >= 11 is 6.17. The van der Waals surface area contributed by atoms with Gasteiger partial charge in [0.15, 0.2) is 0 Å². The van der Waals surface area contributed by atoms with Crippen LogP contribution in [0.4, 0.5) is 4.79 Å². The lowest BCUT2D eigenvalue weighted by Crippen LogP contribution is -2.48. The third-order valence-electron chi connectivity index (χ3n) is 3.02. The summed E-state index contributed by atoms with van der Waals surface area (Å²) < 4.78 is 5.72. The summed E-state index contributed by atoms with van der Waals surface area (Å²) in [5.41, 5.74) is 0.936. The van der Waals surface area contributed by atoms with Gasteiger partial charge in [0.1, 0.15) is 6.10 Å². The Morgan fingerprint density at radius 1 is 1.47 bits per heavy atom. The number of hydrogen-bond donors (Lipinski definition) is 1. The summed E-state index contributed by atoms with van der Waals surface area (Å²) in [5.74, 6) is 0. The molecule has 0 radical (unpaired) electrons. The van der Waals surface area contributed by atoms with Gasteiger partial charge < -0.3 is 15.0 Å². The number of nitrogens with zero attached hydrogens (tertiary/aromatic N) is 1. The van der Waals surface area contributed by atoms with Crippen LogP contribution in [-0.4, -0.2) is 36.7 Å². The topological polar surface area (TPSA) is 41.6 Å². The summed E-state index contributed by atoms with van der Waals surface area (Å²) in [7, 11) is 0. The molecule has 5 heteroatoms. The maximum Gasteiger partial charge on any atom is 0.317 e. The second kappa shape index (κ2) is 6.26. The Bertz CT molecular complexity index is 451. The maximum atomic E-state index is 12.0. The standard InChI is InChI=1S/C14H19ClN2O2/c1-10(2)16-14(18)17-7-8-19-13(9-17)11-5-3-4-6-12(11)15/h3-6,10,13H,7-9H2,1-2H3,(H,16,18)/t13-/m0/s1. The van der Waals surface area contributed by atoms with Gasteiger partial charge in [-0.25, -0.2) is 4.79 Å². The van der Waals surface area contributed by atoms with Crippen molar-refractivity contribution in [2.24, 2.45) is 0 Å². The van der Waals surface area contributed by atoms with Gasteiger partial charge in [0.2, 0.25) is 0 Å². The summed E-state index contributed by atoms with van der Waals surface area (Å²) in [6, 6.07) is 7.68. The highest BCUT2D eigenvalue weighted by Crippen LogP contribution is 2.28. The molecule has 19 heavy (non-hydrogen) atoms. The highest BCUT2D eigenvalue weighted by molar-refractivity contribution is 6.31. The number of halogens is 1. The Labute approximate surface area is 118 Å². The van der Waals surface area contributed by atoms with Gasteiger partial charge in [-0.05, 0) is 19.9 Å². The predicted octanol–water partition coefficient (Wildman–Crippen LogP) is 2.83. The van der Waals surface area contributed by atoms with E-state index in [1.165, 1.54) is 0 Å². The largest absolute Gasteiger partial charge is 0.370 e. The zero-order chi connectivity index (χ0) is 13.8. The van der Waals surface area contributed by atoms with E-state index in [4.69, 9.17) is 16.3 Å². The highest BCUT2D eigenvalue weighted by atomic mass is 35.5. The molecule has 0 bridgehead atoms.